The van der Waals surface area contributed by atoms with E-state index in [0.29, 0.717) is 5.92 Å². The second kappa shape index (κ2) is 6.93. The minimum Gasteiger partial charge on any atom is -0.371 e. The van der Waals surface area contributed by atoms with Crippen LogP contribution in [0.15, 0.2) is 59.5 Å². The van der Waals surface area contributed by atoms with E-state index in [-0.39, 0.29) is 5.43 Å². The summed E-state index contributed by atoms with van der Waals surface area (Å²) >= 11 is 5.97. The van der Waals surface area contributed by atoms with Gasteiger partial charge >= 0.3 is 0 Å². The van der Waals surface area contributed by atoms with Crippen LogP contribution in [-0.4, -0.2) is 18.1 Å². The number of H-pyrrole nitrogens is 1. The molecular weight excluding hydrogens is 332 g/mol. The molecule has 0 unspecified atom stereocenters. The van der Waals surface area contributed by atoms with Gasteiger partial charge in [0.05, 0.1) is 16.6 Å². The zero-order chi connectivity index (χ0) is 17.2. The molecule has 4 rings (SSSR count). The van der Waals surface area contributed by atoms with Crippen molar-refractivity contribution in [3.05, 3.63) is 75.5 Å². The third kappa shape index (κ3) is 3.42. The summed E-state index contributed by atoms with van der Waals surface area (Å²) < 4.78 is 0. The second-order valence-corrected chi connectivity index (χ2v) is 7.24. The molecule has 2 heterocycles. The fraction of sp³-hybridized carbons (Fsp3) is 0.286. The highest BCUT2D eigenvalue weighted by Gasteiger charge is 2.21. The molecule has 3 aromatic rings. The van der Waals surface area contributed by atoms with E-state index in [1.165, 1.54) is 5.56 Å². The third-order valence-corrected chi connectivity index (χ3v) is 5.41. The number of aromatic nitrogens is 1. The summed E-state index contributed by atoms with van der Waals surface area (Å²) in [5.41, 5.74) is 3.41. The van der Waals surface area contributed by atoms with E-state index in [0.717, 1.165) is 54.0 Å². The van der Waals surface area contributed by atoms with Crippen LogP contribution in [0.25, 0.3) is 10.9 Å². The summed E-state index contributed by atoms with van der Waals surface area (Å²) in [5.74, 6) is 0.686. The number of hydrogen-bond donors (Lipinski definition) is 1. The van der Waals surface area contributed by atoms with Crippen molar-refractivity contribution in [2.75, 3.05) is 18.0 Å². The van der Waals surface area contributed by atoms with E-state index in [9.17, 15) is 4.79 Å². The molecule has 25 heavy (non-hydrogen) atoms. The fourth-order valence-electron chi connectivity index (χ4n) is 3.81. The Bertz CT molecular complexity index is 919. The number of benzene rings is 2. The summed E-state index contributed by atoms with van der Waals surface area (Å²) in [6, 6.07) is 15.8. The summed E-state index contributed by atoms with van der Waals surface area (Å²) in [6.07, 6.45) is 5.10. The number of hydrogen-bond acceptors (Lipinski definition) is 2. The zero-order valence-corrected chi connectivity index (χ0v) is 14.8. The number of nitrogens with zero attached hydrogens (tertiary/aromatic N) is 1. The molecule has 0 amide bonds. The maximum absolute atomic E-state index is 12.3. The number of pyridine rings is 1. The number of piperidine rings is 1. The molecule has 0 spiro atoms. The molecule has 0 saturated carbocycles. The number of halogens is 1. The van der Waals surface area contributed by atoms with Crippen molar-refractivity contribution >= 4 is 28.2 Å². The molecule has 1 fully saturated rings. The molecule has 0 aliphatic carbocycles. The Hall–Kier alpha value is -2.26. The summed E-state index contributed by atoms with van der Waals surface area (Å²) in [5, 5.41) is 1.60. The zero-order valence-electron chi connectivity index (χ0n) is 14.0. The van der Waals surface area contributed by atoms with Crippen molar-refractivity contribution in [1.29, 1.82) is 0 Å². The smallest absolute Gasteiger partial charge is 0.191 e. The van der Waals surface area contributed by atoms with Crippen LogP contribution in [-0.2, 0) is 6.42 Å². The number of aromatic amines is 1. The number of anilines is 1. The van der Waals surface area contributed by atoms with E-state index in [2.05, 4.69) is 28.1 Å². The van der Waals surface area contributed by atoms with Gasteiger partial charge in [-0.15, -0.1) is 0 Å². The van der Waals surface area contributed by atoms with Gasteiger partial charge in [0.25, 0.3) is 0 Å². The second-order valence-electron chi connectivity index (χ2n) is 6.80. The molecule has 0 atom stereocenters. The summed E-state index contributed by atoms with van der Waals surface area (Å²) in [6.45, 7) is 1.98. The minimum atomic E-state index is 0.0904. The minimum absolute atomic E-state index is 0.0904. The summed E-state index contributed by atoms with van der Waals surface area (Å²) in [7, 11) is 0. The maximum Gasteiger partial charge on any atom is 0.191 e. The van der Waals surface area contributed by atoms with Gasteiger partial charge in [0, 0.05) is 30.4 Å². The van der Waals surface area contributed by atoms with E-state index in [1.807, 2.05) is 24.3 Å². The van der Waals surface area contributed by atoms with Gasteiger partial charge in [-0.05, 0) is 55.0 Å². The standard InChI is InChI=1S/C21H21ClN2O/c22-17-6-4-15(5-7-17)14-16-9-12-24(13-10-16)19-3-1-2-18-21(19)20(25)8-11-23-18/h1-8,11,16H,9-10,12-14H2,(H,23,25). The van der Waals surface area contributed by atoms with Gasteiger partial charge in [-0.1, -0.05) is 29.8 Å². The summed E-state index contributed by atoms with van der Waals surface area (Å²) in [4.78, 5) is 17.9. The van der Waals surface area contributed by atoms with Gasteiger partial charge in [-0.2, -0.15) is 0 Å². The lowest BCUT2D eigenvalue weighted by Gasteiger charge is -2.34. The first-order chi connectivity index (χ1) is 12.2. The average Bonchev–Trinajstić information content (AvgIpc) is 2.64. The van der Waals surface area contributed by atoms with Crippen molar-refractivity contribution in [1.82, 2.24) is 4.98 Å². The highest BCUT2D eigenvalue weighted by molar-refractivity contribution is 6.30. The van der Waals surface area contributed by atoms with E-state index in [1.54, 1.807) is 12.3 Å². The Balaban J connectivity index is 1.49. The van der Waals surface area contributed by atoms with Crippen LogP contribution in [0, 0.1) is 5.92 Å². The Kier molecular flexibility index (Phi) is 4.50. The Morgan fingerprint density at radius 1 is 1.04 bits per heavy atom. The Labute approximate surface area is 152 Å². The van der Waals surface area contributed by atoms with Crippen LogP contribution in [0.3, 0.4) is 0 Å². The van der Waals surface area contributed by atoms with Crippen LogP contribution >= 0.6 is 11.6 Å². The van der Waals surface area contributed by atoms with Crippen LogP contribution in [0.5, 0.6) is 0 Å². The molecular formula is C21H21ClN2O. The van der Waals surface area contributed by atoms with E-state index < -0.39 is 0 Å². The molecule has 1 aliphatic heterocycles. The molecule has 1 aromatic heterocycles. The van der Waals surface area contributed by atoms with Gasteiger partial charge in [0.1, 0.15) is 0 Å². The van der Waals surface area contributed by atoms with Gasteiger partial charge in [0.2, 0.25) is 0 Å². The first-order valence-electron chi connectivity index (χ1n) is 8.80. The van der Waals surface area contributed by atoms with Crippen molar-refractivity contribution in [3.63, 3.8) is 0 Å². The van der Waals surface area contributed by atoms with Gasteiger partial charge < -0.3 is 9.88 Å². The maximum atomic E-state index is 12.3. The lowest BCUT2D eigenvalue weighted by Crippen LogP contribution is -2.34. The Morgan fingerprint density at radius 2 is 1.80 bits per heavy atom. The van der Waals surface area contributed by atoms with Crippen molar-refractivity contribution in [2.45, 2.75) is 19.3 Å². The lowest BCUT2D eigenvalue weighted by molar-refractivity contribution is 0.404. The predicted molar refractivity (Wildman–Crippen MR) is 105 cm³/mol. The van der Waals surface area contributed by atoms with Crippen LogP contribution < -0.4 is 10.3 Å². The molecule has 0 bridgehead atoms. The molecule has 1 saturated heterocycles. The van der Waals surface area contributed by atoms with Crippen LogP contribution in [0.4, 0.5) is 5.69 Å². The van der Waals surface area contributed by atoms with Gasteiger partial charge in [-0.25, -0.2) is 0 Å². The average molecular weight is 353 g/mol. The molecule has 1 N–H and O–H groups in total. The van der Waals surface area contributed by atoms with E-state index >= 15 is 0 Å². The monoisotopic (exact) mass is 352 g/mol. The van der Waals surface area contributed by atoms with E-state index in [4.69, 9.17) is 11.6 Å². The SMILES string of the molecule is O=c1cc[nH]c2cccc(N3CCC(Cc4ccc(Cl)cc4)CC3)c12. The normalized spacial score (nSPS) is 15.6. The first-order valence-corrected chi connectivity index (χ1v) is 9.18. The largest absolute Gasteiger partial charge is 0.371 e. The van der Waals surface area contributed by atoms with Gasteiger partial charge in [-0.3, -0.25) is 4.79 Å². The predicted octanol–water partition coefficient (Wildman–Crippen LogP) is 4.64. The van der Waals surface area contributed by atoms with Gasteiger partial charge in [0.15, 0.2) is 5.43 Å². The number of rotatable bonds is 3. The van der Waals surface area contributed by atoms with Crippen LogP contribution in [0.1, 0.15) is 18.4 Å². The highest BCUT2D eigenvalue weighted by atomic mass is 35.5. The molecule has 0 radical (unpaired) electrons. The number of nitrogens with one attached hydrogen (secondary N) is 1. The third-order valence-electron chi connectivity index (χ3n) is 5.16. The van der Waals surface area contributed by atoms with Crippen molar-refractivity contribution in [3.8, 4) is 0 Å². The fourth-order valence-corrected chi connectivity index (χ4v) is 3.93. The Morgan fingerprint density at radius 3 is 2.56 bits per heavy atom. The quantitative estimate of drug-likeness (QED) is 0.745. The lowest BCUT2D eigenvalue weighted by atomic mass is 9.90. The topological polar surface area (TPSA) is 36.1 Å². The molecule has 3 nitrogen and oxygen atoms in total. The first kappa shape index (κ1) is 16.2. The molecule has 4 heteroatoms. The molecule has 128 valence electrons. The van der Waals surface area contributed by atoms with Crippen molar-refractivity contribution < 1.29 is 0 Å². The molecule has 1 aliphatic rings. The number of fused-ring (bicyclic) bond motifs is 1. The van der Waals surface area contributed by atoms with Crippen molar-refractivity contribution in [2.24, 2.45) is 5.92 Å². The highest BCUT2D eigenvalue weighted by Crippen LogP contribution is 2.29. The van der Waals surface area contributed by atoms with Crippen LogP contribution in [0.2, 0.25) is 5.02 Å². The molecule has 2 aromatic carbocycles.